The van der Waals surface area contributed by atoms with Crippen molar-refractivity contribution in [1.29, 1.82) is 10.7 Å². The van der Waals surface area contributed by atoms with Gasteiger partial charge in [-0.05, 0) is 38.7 Å². The Morgan fingerprint density at radius 3 is 3.05 bits per heavy atom. The predicted molar refractivity (Wildman–Crippen MR) is 80.4 cm³/mol. The first-order chi connectivity index (χ1) is 9.67. The van der Waals surface area contributed by atoms with Gasteiger partial charge in [0.2, 0.25) is 0 Å². The van der Waals surface area contributed by atoms with Crippen molar-refractivity contribution in [2.45, 2.75) is 18.4 Å². The minimum Gasteiger partial charge on any atom is -0.346 e. The van der Waals surface area contributed by atoms with Gasteiger partial charge in [-0.15, -0.1) is 0 Å². The highest BCUT2D eigenvalue weighted by molar-refractivity contribution is 7.49. The van der Waals surface area contributed by atoms with Gasteiger partial charge in [0, 0.05) is 18.1 Å². The van der Waals surface area contributed by atoms with Crippen LogP contribution in [0.3, 0.4) is 0 Å². The van der Waals surface area contributed by atoms with Crippen molar-refractivity contribution in [1.82, 2.24) is 4.90 Å². The molecule has 2 aliphatic rings. The average Bonchev–Trinajstić information content (AvgIpc) is 2.97. The molecule has 2 aliphatic heterocycles. The summed E-state index contributed by atoms with van der Waals surface area (Å²) in [5, 5.41) is 17.8. The zero-order valence-corrected chi connectivity index (χ0v) is 12.1. The highest BCUT2D eigenvalue weighted by atomic mass is 31.1. The van der Waals surface area contributed by atoms with E-state index in [4.69, 9.17) is 15.4 Å². The lowest BCUT2D eigenvalue weighted by Gasteiger charge is -2.36. The highest BCUT2D eigenvalue weighted by Gasteiger charge is 2.51. The molecule has 1 spiro atoms. The predicted octanol–water partition coefficient (Wildman–Crippen LogP) is 2.33. The number of hydrogen-bond donors (Lipinski definition) is 1. The van der Waals surface area contributed by atoms with Gasteiger partial charge in [-0.25, -0.2) is 0 Å². The second kappa shape index (κ2) is 4.56. The molecule has 0 saturated carbocycles. The number of benzene rings is 1. The zero-order valence-electron chi connectivity index (χ0n) is 11.2. The van der Waals surface area contributed by atoms with Crippen molar-refractivity contribution in [3.8, 4) is 6.07 Å². The number of rotatable bonds is 2. The molecule has 1 aromatic rings. The standard InChI is InChI=1S/C15H14N3OP/c1-10-5-6-15(18(10)9-17)12-4-3-11(8-16)7-13(12)20-14(15)19-2/h3-4,7,9,17H,1,5-6H2,2H3. The van der Waals surface area contributed by atoms with Gasteiger partial charge in [-0.1, -0.05) is 12.6 Å². The van der Waals surface area contributed by atoms with E-state index in [2.05, 4.69) is 12.6 Å². The molecule has 1 atom stereocenters. The molecule has 1 N–H and O–H groups in total. The Bertz CT molecular complexity index is 689. The van der Waals surface area contributed by atoms with Gasteiger partial charge in [0.05, 0.1) is 18.0 Å². The molecule has 1 aromatic carbocycles. The van der Waals surface area contributed by atoms with E-state index in [9.17, 15) is 0 Å². The molecule has 5 heteroatoms. The summed E-state index contributed by atoms with van der Waals surface area (Å²) in [5.41, 5.74) is 3.20. The molecule has 20 heavy (non-hydrogen) atoms. The topological polar surface area (TPSA) is 60.1 Å². The first kappa shape index (κ1) is 13.1. The van der Waals surface area contributed by atoms with Crippen molar-refractivity contribution < 1.29 is 4.74 Å². The molecule has 1 saturated heterocycles. The van der Waals surface area contributed by atoms with E-state index in [1.807, 2.05) is 23.1 Å². The number of hydrogen-bond acceptors (Lipinski definition) is 3. The minimum absolute atomic E-state index is 0.418. The van der Waals surface area contributed by atoms with Crippen LogP contribution < -0.4 is 5.30 Å². The third-order valence-electron chi connectivity index (χ3n) is 4.00. The fraction of sp³-hybridized carbons (Fsp3) is 0.267. The summed E-state index contributed by atoms with van der Waals surface area (Å²) in [4.78, 5) is 1.90. The number of nitriles is 1. The van der Waals surface area contributed by atoms with E-state index in [-0.39, 0.29) is 0 Å². The van der Waals surface area contributed by atoms with Crippen LogP contribution in [0.4, 0.5) is 0 Å². The molecular formula is C15H14N3OP. The van der Waals surface area contributed by atoms with Crippen LogP contribution in [0, 0.1) is 16.7 Å². The summed E-state index contributed by atoms with van der Waals surface area (Å²) >= 11 is 0. The highest BCUT2D eigenvalue weighted by Crippen LogP contribution is 2.48. The van der Waals surface area contributed by atoms with E-state index < -0.39 is 5.54 Å². The summed E-state index contributed by atoms with van der Waals surface area (Å²) < 4.78 is 5.62. The van der Waals surface area contributed by atoms with Crippen molar-refractivity contribution in [2.24, 2.45) is 0 Å². The van der Waals surface area contributed by atoms with Crippen molar-refractivity contribution in [3.63, 3.8) is 0 Å². The maximum absolute atomic E-state index is 9.04. The monoisotopic (exact) mass is 283 g/mol. The molecule has 0 aliphatic carbocycles. The van der Waals surface area contributed by atoms with Crippen molar-refractivity contribution in [2.75, 3.05) is 7.11 Å². The van der Waals surface area contributed by atoms with Crippen molar-refractivity contribution in [3.05, 3.63) is 41.6 Å². The summed E-state index contributed by atoms with van der Waals surface area (Å²) in [6.45, 7) is 4.05. The van der Waals surface area contributed by atoms with Gasteiger partial charge in [-0.2, -0.15) is 5.26 Å². The van der Waals surface area contributed by atoms with Crippen LogP contribution >= 0.6 is 8.20 Å². The third kappa shape index (κ3) is 1.51. The fourth-order valence-corrected chi connectivity index (χ4v) is 4.51. The van der Waals surface area contributed by atoms with Gasteiger partial charge in [0.25, 0.3) is 0 Å². The molecule has 0 bridgehead atoms. The van der Waals surface area contributed by atoms with E-state index in [0.717, 1.165) is 43.1 Å². The number of likely N-dealkylation sites (tertiary alicyclic amines) is 1. The smallest absolute Gasteiger partial charge is 0.123 e. The number of nitrogens with one attached hydrogen (secondary N) is 1. The van der Waals surface area contributed by atoms with Gasteiger partial charge in [0.15, 0.2) is 0 Å². The molecule has 0 radical (unpaired) electrons. The van der Waals surface area contributed by atoms with Crippen LogP contribution in [0.1, 0.15) is 24.0 Å². The Morgan fingerprint density at radius 1 is 1.60 bits per heavy atom. The number of methoxy groups -OCH3 is 1. The van der Waals surface area contributed by atoms with Gasteiger partial charge < -0.3 is 9.64 Å². The quantitative estimate of drug-likeness (QED) is 0.515. The summed E-state index contributed by atoms with van der Waals surface area (Å²) in [6.07, 6.45) is 3.03. The fourth-order valence-electron chi connectivity index (χ4n) is 3.09. The Balaban J connectivity index is 2.23. The van der Waals surface area contributed by atoms with Crippen LogP contribution in [0.25, 0.3) is 0 Å². The van der Waals surface area contributed by atoms with E-state index in [1.165, 1.54) is 6.34 Å². The van der Waals surface area contributed by atoms with E-state index in [0.29, 0.717) is 5.56 Å². The van der Waals surface area contributed by atoms with E-state index in [1.54, 1.807) is 7.11 Å². The second-order valence-corrected chi connectivity index (χ2v) is 6.00. The van der Waals surface area contributed by atoms with Crippen LogP contribution in [0.2, 0.25) is 0 Å². The van der Waals surface area contributed by atoms with Gasteiger partial charge >= 0.3 is 0 Å². The maximum Gasteiger partial charge on any atom is 0.123 e. The summed E-state index contributed by atoms with van der Waals surface area (Å²) in [5.74, 6) is 0. The second-order valence-electron chi connectivity index (χ2n) is 4.89. The molecule has 1 unspecified atom stereocenters. The number of allylic oxidation sites excluding steroid dienone is 1. The number of fused-ring (bicyclic) bond motifs is 2. The SMILES string of the molecule is C=C1CCC2(C(OC)=Pc3cc(C#N)ccc32)N1C=N. The average molecular weight is 283 g/mol. The first-order valence-electron chi connectivity index (χ1n) is 6.33. The Kier molecular flexibility index (Phi) is 2.97. The van der Waals surface area contributed by atoms with Crippen LogP contribution in [-0.2, 0) is 10.3 Å². The Labute approximate surface area is 119 Å². The Hall–Kier alpha value is -1.95. The van der Waals surface area contributed by atoms with Crippen LogP contribution in [0.15, 0.2) is 30.5 Å². The number of ether oxygens (including phenoxy) is 1. The molecule has 3 rings (SSSR count). The Morgan fingerprint density at radius 2 is 2.40 bits per heavy atom. The minimum atomic E-state index is -0.418. The van der Waals surface area contributed by atoms with Gasteiger partial charge in [0.1, 0.15) is 11.0 Å². The summed E-state index contributed by atoms with van der Waals surface area (Å²) in [6, 6.07) is 7.90. The largest absolute Gasteiger partial charge is 0.346 e. The van der Waals surface area contributed by atoms with Gasteiger partial charge in [-0.3, -0.25) is 5.41 Å². The maximum atomic E-state index is 9.04. The number of nitrogens with zero attached hydrogens (tertiary/aromatic N) is 2. The molecular weight excluding hydrogens is 269 g/mol. The van der Waals surface area contributed by atoms with Crippen LogP contribution in [-0.4, -0.2) is 23.8 Å². The lowest BCUT2D eigenvalue weighted by molar-refractivity contribution is 0.287. The molecule has 2 heterocycles. The normalized spacial score (nSPS) is 24.5. The molecule has 4 nitrogen and oxygen atoms in total. The van der Waals surface area contributed by atoms with Crippen molar-refractivity contribution >= 4 is 25.3 Å². The van der Waals surface area contributed by atoms with E-state index >= 15 is 0 Å². The zero-order chi connectivity index (χ0) is 14.3. The molecule has 100 valence electrons. The third-order valence-corrected chi connectivity index (χ3v) is 5.36. The molecule has 1 fully saturated rings. The lowest BCUT2D eigenvalue weighted by atomic mass is 9.87. The molecule has 0 aromatic heterocycles. The lowest BCUT2D eigenvalue weighted by Crippen LogP contribution is -2.45. The van der Waals surface area contributed by atoms with Crippen LogP contribution in [0.5, 0.6) is 0 Å². The first-order valence-corrected chi connectivity index (χ1v) is 7.22. The molecule has 0 amide bonds. The summed E-state index contributed by atoms with van der Waals surface area (Å²) in [7, 11) is 2.65.